The van der Waals surface area contributed by atoms with Crippen molar-refractivity contribution < 1.29 is 14.7 Å². The maximum atomic E-state index is 12.7. The number of carboxylic acids is 1. The number of amides is 1. The fourth-order valence-corrected chi connectivity index (χ4v) is 3.37. The van der Waals surface area contributed by atoms with E-state index in [4.69, 9.17) is 5.11 Å². The Morgan fingerprint density at radius 1 is 1.33 bits per heavy atom. The molecule has 1 N–H and O–H groups in total. The van der Waals surface area contributed by atoms with E-state index in [1.165, 1.54) is 11.3 Å². The number of aromatic nitrogens is 1. The van der Waals surface area contributed by atoms with Gasteiger partial charge in [-0.2, -0.15) is 0 Å². The first kappa shape index (κ1) is 16.6. The van der Waals surface area contributed by atoms with Crippen LogP contribution in [0.4, 0.5) is 0 Å². The lowest BCUT2D eigenvalue weighted by molar-refractivity contribution is -0.141. The van der Waals surface area contributed by atoms with E-state index in [-0.39, 0.29) is 18.5 Å². The average Bonchev–Trinajstić information content (AvgIpc) is 3.31. The molecule has 6 heteroatoms. The number of hydrogen-bond acceptors (Lipinski definition) is 4. The molecule has 1 aliphatic rings. The molecule has 1 aromatic heterocycles. The Kier molecular flexibility index (Phi) is 4.94. The molecule has 0 aliphatic heterocycles. The molecule has 3 rings (SSSR count). The standard InChI is InChI=1S/C18H20N2O3S/c1-12(18(22)23)10-20(14-7-8-14)17(21)15-11-24-16(19-15)9-13-5-3-2-4-6-13/h2-6,11-12,14H,7-10H2,1H3,(H,22,23). The van der Waals surface area contributed by atoms with Crippen molar-refractivity contribution in [3.8, 4) is 0 Å². The molecule has 1 saturated carbocycles. The molecular formula is C18H20N2O3S. The van der Waals surface area contributed by atoms with Gasteiger partial charge in [-0.1, -0.05) is 37.3 Å². The van der Waals surface area contributed by atoms with Crippen molar-refractivity contribution in [1.82, 2.24) is 9.88 Å². The van der Waals surface area contributed by atoms with Crippen LogP contribution in [0, 0.1) is 5.92 Å². The molecule has 1 unspecified atom stereocenters. The van der Waals surface area contributed by atoms with Crippen LogP contribution in [0.15, 0.2) is 35.7 Å². The second kappa shape index (κ2) is 7.13. The smallest absolute Gasteiger partial charge is 0.308 e. The summed E-state index contributed by atoms with van der Waals surface area (Å²) in [6.07, 6.45) is 2.59. The largest absolute Gasteiger partial charge is 0.481 e. The Bertz CT molecular complexity index is 725. The van der Waals surface area contributed by atoms with E-state index < -0.39 is 11.9 Å². The van der Waals surface area contributed by atoms with Gasteiger partial charge in [0.2, 0.25) is 0 Å². The van der Waals surface area contributed by atoms with Crippen LogP contribution in [0.25, 0.3) is 0 Å². The van der Waals surface area contributed by atoms with Crippen molar-refractivity contribution in [3.05, 3.63) is 52.0 Å². The van der Waals surface area contributed by atoms with Crippen LogP contribution in [-0.4, -0.2) is 39.5 Å². The maximum Gasteiger partial charge on any atom is 0.308 e. The number of benzene rings is 1. The number of rotatable bonds is 7. The predicted octanol–water partition coefficient (Wildman–Crippen LogP) is 3.06. The summed E-state index contributed by atoms with van der Waals surface area (Å²) in [4.78, 5) is 30.0. The molecule has 1 amide bonds. The number of aliphatic carboxylic acids is 1. The Balaban J connectivity index is 1.70. The van der Waals surface area contributed by atoms with E-state index in [1.54, 1.807) is 17.2 Å². The van der Waals surface area contributed by atoms with Gasteiger partial charge in [0.05, 0.1) is 10.9 Å². The summed E-state index contributed by atoms with van der Waals surface area (Å²) in [5, 5.41) is 11.8. The van der Waals surface area contributed by atoms with Gasteiger partial charge < -0.3 is 10.0 Å². The minimum Gasteiger partial charge on any atom is -0.481 e. The summed E-state index contributed by atoms with van der Waals surface area (Å²) in [7, 11) is 0. The van der Waals surface area contributed by atoms with Crippen molar-refractivity contribution in [2.24, 2.45) is 5.92 Å². The van der Waals surface area contributed by atoms with Crippen LogP contribution in [0.3, 0.4) is 0 Å². The highest BCUT2D eigenvalue weighted by Crippen LogP contribution is 2.29. The van der Waals surface area contributed by atoms with E-state index in [2.05, 4.69) is 4.98 Å². The highest BCUT2D eigenvalue weighted by molar-refractivity contribution is 7.09. The first-order valence-corrected chi connectivity index (χ1v) is 8.94. The summed E-state index contributed by atoms with van der Waals surface area (Å²) in [5.41, 5.74) is 1.58. The topological polar surface area (TPSA) is 70.5 Å². The molecule has 0 radical (unpaired) electrons. The van der Waals surface area contributed by atoms with Gasteiger partial charge in [0.25, 0.3) is 5.91 Å². The Labute approximate surface area is 145 Å². The monoisotopic (exact) mass is 344 g/mol. The number of carbonyl (C=O) groups excluding carboxylic acids is 1. The summed E-state index contributed by atoms with van der Waals surface area (Å²) < 4.78 is 0. The molecule has 0 spiro atoms. The second-order valence-electron chi connectivity index (χ2n) is 6.22. The summed E-state index contributed by atoms with van der Waals surface area (Å²) in [6, 6.07) is 10.2. The Morgan fingerprint density at radius 3 is 2.67 bits per heavy atom. The van der Waals surface area contributed by atoms with Gasteiger partial charge in [0, 0.05) is 24.4 Å². The average molecular weight is 344 g/mol. The minimum atomic E-state index is -0.878. The predicted molar refractivity (Wildman–Crippen MR) is 92.2 cm³/mol. The maximum absolute atomic E-state index is 12.7. The number of carboxylic acid groups (broad SMARTS) is 1. The zero-order chi connectivity index (χ0) is 17.1. The molecule has 1 fully saturated rings. The van der Waals surface area contributed by atoms with Crippen molar-refractivity contribution in [3.63, 3.8) is 0 Å². The third kappa shape index (κ3) is 4.00. The molecular weight excluding hydrogens is 324 g/mol. The molecule has 1 heterocycles. The van der Waals surface area contributed by atoms with Gasteiger partial charge in [0.15, 0.2) is 0 Å². The molecule has 1 atom stereocenters. The zero-order valence-electron chi connectivity index (χ0n) is 13.5. The normalized spacial score (nSPS) is 15.0. The van der Waals surface area contributed by atoms with Gasteiger partial charge in [0.1, 0.15) is 5.69 Å². The van der Waals surface area contributed by atoms with Crippen LogP contribution in [0.1, 0.15) is 40.8 Å². The highest BCUT2D eigenvalue weighted by atomic mass is 32.1. The van der Waals surface area contributed by atoms with Crippen LogP contribution >= 0.6 is 11.3 Å². The van der Waals surface area contributed by atoms with Crippen LogP contribution in [-0.2, 0) is 11.2 Å². The quantitative estimate of drug-likeness (QED) is 0.838. The first-order valence-electron chi connectivity index (χ1n) is 8.06. The Morgan fingerprint density at radius 2 is 2.04 bits per heavy atom. The van der Waals surface area contributed by atoms with Crippen molar-refractivity contribution in [1.29, 1.82) is 0 Å². The van der Waals surface area contributed by atoms with Crippen LogP contribution in [0.5, 0.6) is 0 Å². The lowest BCUT2D eigenvalue weighted by atomic mass is 10.1. The fourth-order valence-electron chi connectivity index (χ4n) is 2.57. The number of nitrogens with zero attached hydrogens (tertiary/aromatic N) is 2. The van der Waals surface area contributed by atoms with Crippen LogP contribution < -0.4 is 0 Å². The number of hydrogen-bond donors (Lipinski definition) is 1. The van der Waals surface area contributed by atoms with Gasteiger partial charge in [-0.05, 0) is 18.4 Å². The summed E-state index contributed by atoms with van der Waals surface area (Å²) in [5.74, 6) is -1.60. The Hall–Kier alpha value is -2.21. The van der Waals surface area contributed by atoms with Gasteiger partial charge in [-0.15, -0.1) is 11.3 Å². The molecule has 0 saturated heterocycles. The van der Waals surface area contributed by atoms with Crippen molar-refractivity contribution in [2.45, 2.75) is 32.2 Å². The van der Waals surface area contributed by atoms with Crippen molar-refractivity contribution >= 4 is 23.2 Å². The molecule has 5 nitrogen and oxygen atoms in total. The van der Waals surface area contributed by atoms with Crippen molar-refractivity contribution in [2.75, 3.05) is 6.54 Å². The molecule has 126 valence electrons. The third-order valence-corrected chi connectivity index (χ3v) is 4.96. The molecule has 1 aliphatic carbocycles. The van der Waals surface area contributed by atoms with E-state index in [0.717, 1.165) is 23.4 Å². The number of carbonyl (C=O) groups is 2. The lowest BCUT2D eigenvalue weighted by Crippen LogP contribution is -2.38. The highest BCUT2D eigenvalue weighted by Gasteiger charge is 2.35. The van der Waals surface area contributed by atoms with Crippen LogP contribution in [0.2, 0.25) is 0 Å². The third-order valence-electron chi connectivity index (χ3n) is 4.11. The lowest BCUT2D eigenvalue weighted by Gasteiger charge is -2.23. The van der Waals surface area contributed by atoms with Gasteiger partial charge in [-0.3, -0.25) is 9.59 Å². The number of thiazole rings is 1. The van der Waals surface area contributed by atoms with E-state index >= 15 is 0 Å². The molecule has 2 aromatic rings. The first-order chi connectivity index (χ1) is 11.5. The fraction of sp³-hybridized carbons (Fsp3) is 0.389. The van der Waals surface area contributed by atoms with E-state index in [0.29, 0.717) is 12.1 Å². The molecule has 24 heavy (non-hydrogen) atoms. The van der Waals surface area contributed by atoms with Gasteiger partial charge >= 0.3 is 5.97 Å². The summed E-state index contributed by atoms with van der Waals surface area (Å²) in [6.45, 7) is 1.87. The molecule has 1 aromatic carbocycles. The summed E-state index contributed by atoms with van der Waals surface area (Å²) >= 11 is 1.47. The second-order valence-corrected chi connectivity index (χ2v) is 7.16. The van der Waals surface area contributed by atoms with E-state index in [1.807, 2.05) is 30.3 Å². The van der Waals surface area contributed by atoms with Gasteiger partial charge in [-0.25, -0.2) is 4.98 Å². The van der Waals surface area contributed by atoms with E-state index in [9.17, 15) is 9.59 Å². The SMILES string of the molecule is CC(CN(C(=O)c1csc(Cc2ccccc2)n1)C1CC1)C(=O)O. The minimum absolute atomic E-state index is 0.152. The zero-order valence-corrected chi connectivity index (χ0v) is 14.3. The molecule has 0 bridgehead atoms.